The summed E-state index contributed by atoms with van der Waals surface area (Å²) in [5.41, 5.74) is 0.932. The first-order valence-electron chi connectivity index (χ1n) is 8.23. The van der Waals surface area contributed by atoms with Crippen molar-refractivity contribution in [2.45, 2.75) is 17.8 Å². The molecule has 2 aromatic rings. The van der Waals surface area contributed by atoms with E-state index >= 15 is 0 Å². The number of fused-ring (bicyclic) bond motifs is 1. The minimum Gasteiger partial charge on any atom is -0.314 e. The number of para-hydroxylation sites is 1. The molecule has 2 atom stereocenters. The van der Waals surface area contributed by atoms with Crippen LogP contribution in [0.5, 0.6) is 0 Å². The molecule has 0 unspecified atom stereocenters. The highest BCUT2D eigenvalue weighted by molar-refractivity contribution is 8.15. The quantitative estimate of drug-likeness (QED) is 0.744. The maximum Gasteiger partial charge on any atom is 0.164 e. The Kier molecular flexibility index (Phi) is 4.90. The molecule has 9 heteroatoms. The van der Waals surface area contributed by atoms with E-state index in [2.05, 4.69) is 4.99 Å². The topological polar surface area (TPSA) is 49.7 Å². The van der Waals surface area contributed by atoms with E-state index in [0.29, 0.717) is 16.4 Å². The zero-order chi connectivity index (χ0) is 19.2. The molecule has 1 fully saturated rings. The number of sulfone groups is 1. The normalized spacial score (nSPS) is 23.1. The monoisotopic (exact) mass is 428 g/mol. The van der Waals surface area contributed by atoms with E-state index in [0.717, 1.165) is 0 Å². The van der Waals surface area contributed by atoms with Gasteiger partial charge in [0.05, 0.1) is 29.8 Å². The first-order valence-corrected chi connectivity index (χ1v) is 11.3. The summed E-state index contributed by atoms with van der Waals surface area (Å²) in [6.07, 6.45) is 0. The molecule has 2 aliphatic heterocycles. The maximum absolute atomic E-state index is 14.5. The molecule has 0 aliphatic carbocycles. The fraction of sp³-hybridized carbons (Fsp3) is 0.278. The van der Waals surface area contributed by atoms with Crippen LogP contribution in [0, 0.1) is 11.6 Å². The molecule has 27 heavy (non-hydrogen) atoms. The Labute approximate surface area is 165 Å². The van der Waals surface area contributed by atoms with Gasteiger partial charge < -0.3 is 4.90 Å². The predicted octanol–water partition coefficient (Wildman–Crippen LogP) is 3.89. The summed E-state index contributed by atoms with van der Waals surface area (Å²) >= 11 is 7.49. The second-order valence-electron chi connectivity index (χ2n) is 6.49. The van der Waals surface area contributed by atoms with Gasteiger partial charge in [0.1, 0.15) is 11.6 Å². The molecule has 0 N–H and O–H groups in total. The average molecular weight is 429 g/mol. The number of nitrogens with zero attached hydrogens (tertiary/aromatic N) is 2. The highest BCUT2D eigenvalue weighted by Crippen LogP contribution is 2.38. The van der Waals surface area contributed by atoms with Crippen molar-refractivity contribution in [3.8, 4) is 0 Å². The number of amidine groups is 1. The number of hydrogen-bond donors (Lipinski definition) is 0. The molecule has 2 aliphatic rings. The Morgan fingerprint density at radius 3 is 2.67 bits per heavy atom. The van der Waals surface area contributed by atoms with Crippen LogP contribution in [-0.2, 0) is 16.4 Å². The van der Waals surface area contributed by atoms with Crippen LogP contribution in [0.25, 0.3) is 0 Å². The SMILES string of the molecule is O=S1(=O)C[C@@H]2N=C(N(Cc3ccc(F)cc3Cl)c3ccccc3F)S[C@H]2C1. The number of rotatable bonds is 3. The number of halogens is 3. The van der Waals surface area contributed by atoms with Crippen LogP contribution in [0.3, 0.4) is 0 Å². The van der Waals surface area contributed by atoms with Crippen molar-refractivity contribution < 1.29 is 17.2 Å². The van der Waals surface area contributed by atoms with Crippen LogP contribution in [0.2, 0.25) is 5.02 Å². The molecule has 2 aromatic carbocycles. The molecule has 2 heterocycles. The Morgan fingerprint density at radius 1 is 1.19 bits per heavy atom. The smallest absolute Gasteiger partial charge is 0.164 e. The van der Waals surface area contributed by atoms with Crippen LogP contribution < -0.4 is 4.90 Å². The molecule has 142 valence electrons. The van der Waals surface area contributed by atoms with Gasteiger partial charge in [-0.1, -0.05) is 41.6 Å². The van der Waals surface area contributed by atoms with Crippen LogP contribution in [0.1, 0.15) is 5.56 Å². The highest BCUT2D eigenvalue weighted by atomic mass is 35.5. The van der Waals surface area contributed by atoms with Crippen molar-refractivity contribution in [2.75, 3.05) is 16.4 Å². The summed E-state index contributed by atoms with van der Waals surface area (Å²) in [6.45, 7) is 0.193. The van der Waals surface area contributed by atoms with Gasteiger partial charge in [-0.15, -0.1) is 0 Å². The van der Waals surface area contributed by atoms with Gasteiger partial charge in [0, 0.05) is 10.3 Å². The van der Waals surface area contributed by atoms with E-state index in [9.17, 15) is 17.2 Å². The number of benzene rings is 2. The van der Waals surface area contributed by atoms with Crippen molar-refractivity contribution >= 4 is 44.1 Å². The van der Waals surface area contributed by atoms with Crippen LogP contribution in [0.15, 0.2) is 47.5 Å². The molecule has 0 bridgehead atoms. The molecule has 0 spiro atoms. The minimum absolute atomic E-state index is 0.0105. The zero-order valence-corrected chi connectivity index (χ0v) is 16.4. The molecule has 0 saturated carbocycles. The van der Waals surface area contributed by atoms with Gasteiger partial charge in [0.15, 0.2) is 15.0 Å². The molecule has 0 amide bonds. The standard InChI is InChI=1S/C18H15ClF2N2O2S2/c19-13-7-12(20)6-5-11(13)8-23(16-4-2-1-3-14(16)21)18-22-15-9-27(24,25)10-17(15)26-18/h1-7,15,17H,8-10H2/t15-,17-/m0/s1. The van der Waals surface area contributed by atoms with Gasteiger partial charge in [0.2, 0.25) is 0 Å². The predicted molar refractivity (Wildman–Crippen MR) is 105 cm³/mol. The summed E-state index contributed by atoms with van der Waals surface area (Å²) in [6, 6.07) is 10.0. The van der Waals surface area contributed by atoms with Crippen molar-refractivity contribution in [1.82, 2.24) is 0 Å². The van der Waals surface area contributed by atoms with Crippen molar-refractivity contribution in [3.05, 3.63) is 64.7 Å². The van der Waals surface area contributed by atoms with Gasteiger partial charge in [-0.05, 0) is 29.8 Å². The Morgan fingerprint density at radius 2 is 1.96 bits per heavy atom. The lowest BCUT2D eigenvalue weighted by molar-refractivity contribution is 0.601. The van der Waals surface area contributed by atoms with E-state index in [1.54, 1.807) is 29.2 Å². The van der Waals surface area contributed by atoms with E-state index in [1.165, 1.54) is 30.0 Å². The van der Waals surface area contributed by atoms with Gasteiger partial charge in [-0.2, -0.15) is 0 Å². The largest absolute Gasteiger partial charge is 0.314 e. The third-order valence-electron chi connectivity index (χ3n) is 4.52. The lowest BCUT2D eigenvalue weighted by Crippen LogP contribution is -2.29. The summed E-state index contributed by atoms with van der Waals surface area (Å²) in [4.78, 5) is 6.22. The maximum atomic E-state index is 14.5. The van der Waals surface area contributed by atoms with Gasteiger partial charge in [0.25, 0.3) is 0 Å². The Hall–Kier alpha value is -1.64. The third-order valence-corrected chi connectivity index (χ3v) is 8.12. The fourth-order valence-electron chi connectivity index (χ4n) is 3.22. The second-order valence-corrected chi connectivity index (χ2v) is 10.3. The van der Waals surface area contributed by atoms with Gasteiger partial charge in [-0.25, -0.2) is 17.2 Å². The average Bonchev–Trinajstić information content (AvgIpc) is 3.08. The first-order chi connectivity index (χ1) is 12.8. The Bertz CT molecular complexity index is 1030. The molecule has 4 rings (SSSR count). The number of anilines is 1. The van der Waals surface area contributed by atoms with Crippen molar-refractivity contribution in [2.24, 2.45) is 4.99 Å². The summed E-state index contributed by atoms with van der Waals surface area (Å²) in [5.74, 6) is -0.800. The van der Waals surface area contributed by atoms with Crippen molar-refractivity contribution in [1.29, 1.82) is 0 Å². The van der Waals surface area contributed by atoms with Crippen LogP contribution in [0.4, 0.5) is 14.5 Å². The summed E-state index contributed by atoms with van der Waals surface area (Å²) < 4.78 is 51.4. The molecule has 0 radical (unpaired) electrons. The van der Waals surface area contributed by atoms with Gasteiger partial charge >= 0.3 is 0 Å². The number of thioether (sulfide) groups is 1. The summed E-state index contributed by atoms with van der Waals surface area (Å²) in [5, 5.41) is 0.621. The number of aliphatic imine (C=N–C) groups is 1. The first kappa shape index (κ1) is 18.7. The molecule has 4 nitrogen and oxygen atoms in total. The molecular formula is C18H15ClF2N2O2S2. The summed E-state index contributed by atoms with van der Waals surface area (Å²) in [7, 11) is -3.08. The second kappa shape index (κ2) is 7.07. The van der Waals surface area contributed by atoms with Crippen molar-refractivity contribution in [3.63, 3.8) is 0 Å². The lowest BCUT2D eigenvalue weighted by atomic mass is 10.2. The van der Waals surface area contributed by atoms with Crippen LogP contribution >= 0.6 is 23.4 Å². The van der Waals surface area contributed by atoms with E-state index in [-0.39, 0.29) is 34.4 Å². The molecular weight excluding hydrogens is 414 g/mol. The van der Waals surface area contributed by atoms with E-state index in [1.807, 2.05) is 0 Å². The van der Waals surface area contributed by atoms with E-state index in [4.69, 9.17) is 11.6 Å². The lowest BCUT2D eigenvalue weighted by Gasteiger charge is -2.25. The Balaban J connectivity index is 1.71. The molecule has 0 aromatic heterocycles. The minimum atomic E-state index is -3.08. The van der Waals surface area contributed by atoms with Crippen LogP contribution in [-0.4, -0.2) is 36.4 Å². The fourth-order valence-corrected chi connectivity index (χ4v) is 7.22. The third kappa shape index (κ3) is 3.83. The highest BCUT2D eigenvalue weighted by Gasteiger charge is 2.44. The van der Waals surface area contributed by atoms with Gasteiger partial charge in [-0.3, -0.25) is 4.99 Å². The molecule has 1 saturated heterocycles. The van der Waals surface area contributed by atoms with E-state index < -0.39 is 21.5 Å². The number of hydrogen-bond acceptors (Lipinski definition) is 5. The zero-order valence-electron chi connectivity index (χ0n) is 14.0.